The van der Waals surface area contributed by atoms with Crippen LogP contribution in [0, 0.1) is 12.7 Å². The summed E-state index contributed by atoms with van der Waals surface area (Å²) in [5, 5.41) is 2.60. The molecule has 0 saturated carbocycles. The Bertz CT molecular complexity index is 731. The van der Waals surface area contributed by atoms with Crippen molar-refractivity contribution in [3.8, 4) is 5.75 Å². The number of ether oxygens (including phenoxy) is 2. The molecule has 1 amide bonds. The summed E-state index contributed by atoms with van der Waals surface area (Å²) in [6.07, 6.45) is 0.682. The van der Waals surface area contributed by atoms with Crippen molar-refractivity contribution >= 4 is 11.9 Å². The van der Waals surface area contributed by atoms with E-state index in [-0.39, 0.29) is 25.4 Å². The summed E-state index contributed by atoms with van der Waals surface area (Å²) in [6, 6.07) is 13.5. The molecule has 2 aromatic carbocycles. The molecule has 0 fully saturated rings. The lowest BCUT2D eigenvalue weighted by molar-refractivity contribution is -0.148. The van der Waals surface area contributed by atoms with Crippen LogP contribution in [0.5, 0.6) is 5.75 Å². The fourth-order valence-corrected chi connectivity index (χ4v) is 2.18. The van der Waals surface area contributed by atoms with Crippen LogP contribution in [0.15, 0.2) is 48.5 Å². The Labute approximate surface area is 152 Å². The summed E-state index contributed by atoms with van der Waals surface area (Å²) < 4.78 is 23.2. The Morgan fingerprint density at radius 2 is 1.88 bits per heavy atom. The number of amides is 1. The van der Waals surface area contributed by atoms with Crippen LogP contribution in [0.25, 0.3) is 0 Å². The van der Waals surface area contributed by atoms with E-state index < -0.39 is 11.9 Å². The largest absolute Gasteiger partial charge is 0.494 e. The van der Waals surface area contributed by atoms with Crippen molar-refractivity contribution in [2.75, 3.05) is 13.2 Å². The molecular weight excluding hydrogens is 337 g/mol. The first kappa shape index (κ1) is 19.4. The summed E-state index contributed by atoms with van der Waals surface area (Å²) in [5.41, 5.74) is 1.87. The molecule has 0 heterocycles. The van der Waals surface area contributed by atoms with E-state index >= 15 is 0 Å². The number of esters is 1. The van der Waals surface area contributed by atoms with Crippen LogP contribution in [-0.4, -0.2) is 25.1 Å². The van der Waals surface area contributed by atoms with Crippen LogP contribution in [0.3, 0.4) is 0 Å². The van der Waals surface area contributed by atoms with Gasteiger partial charge >= 0.3 is 5.97 Å². The number of hydrogen-bond acceptors (Lipinski definition) is 4. The first-order valence-electron chi connectivity index (χ1n) is 8.39. The fraction of sp³-hybridized carbons (Fsp3) is 0.300. The minimum atomic E-state index is -0.449. The number of carbonyl (C=O) groups excluding carboxylic acids is 2. The zero-order chi connectivity index (χ0) is 18.8. The summed E-state index contributed by atoms with van der Waals surface area (Å²) in [7, 11) is 0. The molecule has 0 aromatic heterocycles. The van der Waals surface area contributed by atoms with E-state index in [1.807, 2.05) is 31.2 Å². The highest BCUT2D eigenvalue weighted by atomic mass is 19.1. The molecule has 6 heteroatoms. The molecule has 0 aliphatic carbocycles. The van der Waals surface area contributed by atoms with Gasteiger partial charge in [-0.25, -0.2) is 4.39 Å². The molecule has 2 aromatic rings. The van der Waals surface area contributed by atoms with Gasteiger partial charge in [-0.05, 0) is 48.7 Å². The van der Waals surface area contributed by atoms with E-state index in [9.17, 15) is 14.0 Å². The Morgan fingerprint density at radius 3 is 2.62 bits per heavy atom. The minimum Gasteiger partial charge on any atom is -0.494 e. The molecule has 0 aliphatic heterocycles. The Morgan fingerprint density at radius 1 is 1.12 bits per heavy atom. The average molecular weight is 359 g/mol. The highest BCUT2D eigenvalue weighted by Gasteiger charge is 2.07. The molecule has 5 nitrogen and oxygen atoms in total. The number of hydrogen-bond donors (Lipinski definition) is 1. The number of rotatable bonds is 9. The maximum absolute atomic E-state index is 12.8. The van der Waals surface area contributed by atoms with Gasteiger partial charge in [0.05, 0.1) is 6.61 Å². The lowest BCUT2D eigenvalue weighted by Gasteiger charge is -2.08. The van der Waals surface area contributed by atoms with Crippen molar-refractivity contribution in [3.05, 3.63) is 65.5 Å². The van der Waals surface area contributed by atoms with Crippen LogP contribution in [0.4, 0.5) is 4.39 Å². The summed E-state index contributed by atoms with van der Waals surface area (Å²) in [4.78, 5) is 23.3. The molecule has 0 radical (unpaired) electrons. The van der Waals surface area contributed by atoms with Crippen LogP contribution in [-0.2, 0) is 20.9 Å². The van der Waals surface area contributed by atoms with Crippen molar-refractivity contribution in [2.24, 2.45) is 0 Å². The second-order valence-corrected chi connectivity index (χ2v) is 5.83. The van der Waals surface area contributed by atoms with Gasteiger partial charge in [-0.2, -0.15) is 0 Å². The highest BCUT2D eigenvalue weighted by molar-refractivity contribution is 5.80. The van der Waals surface area contributed by atoms with E-state index in [1.165, 1.54) is 12.1 Å². The number of carbonyl (C=O) groups is 2. The van der Waals surface area contributed by atoms with E-state index in [4.69, 9.17) is 9.47 Å². The van der Waals surface area contributed by atoms with E-state index in [1.54, 1.807) is 12.1 Å². The topological polar surface area (TPSA) is 64.6 Å². The third-order valence-corrected chi connectivity index (χ3v) is 3.55. The molecule has 0 spiro atoms. The Balaban J connectivity index is 1.56. The van der Waals surface area contributed by atoms with Crippen molar-refractivity contribution in [3.63, 3.8) is 0 Å². The van der Waals surface area contributed by atoms with Crippen LogP contribution < -0.4 is 10.1 Å². The summed E-state index contributed by atoms with van der Waals surface area (Å²) in [6.45, 7) is 2.29. The maximum atomic E-state index is 12.8. The number of halogens is 1. The zero-order valence-electron chi connectivity index (χ0n) is 14.7. The van der Waals surface area contributed by atoms with Gasteiger partial charge in [0.2, 0.25) is 0 Å². The third-order valence-electron chi connectivity index (χ3n) is 3.55. The molecule has 0 bridgehead atoms. The Hall–Kier alpha value is -2.89. The highest BCUT2D eigenvalue weighted by Crippen LogP contribution is 2.12. The van der Waals surface area contributed by atoms with Crippen molar-refractivity contribution in [1.82, 2.24) is 5.32 Å². The lowest BCUT2D eigenvalue weighted by Crippen LogP contribution is -2.28. The minimum absolute atomic E-state index is 0.178. The number of aryl methyl sites for hydroxylation is 1. The second kappa shape index (κ2) is 10.2. The van der Waals surface area contributed by atoms with Gasteiger partial charge in [-0.1, -0.05) is 24.3 Å². The molecule has 0 unspecified atom stereocenters. The predicted molar refractivity (Wildman–Crippen MR) is 95.1 cm³/mol. The molecule has 138 valence electrons. The number of nitrogens with one attached hydrogen (secondary N) is 1. The van der Waals surface area contributed by atoms with Gasteiger partial charge < -0.3 is 14.8 Å². The van der Waals surface area contributed by atoms with Crippen molar-refractivity contribution in [2.45, 2.75) is 26.3 Å². The normalized spacial score (nSPS) is 10.2. The standard InChI is InChI=1S/C20H22FNO4/c1-15-4-2-5-18(12-15)25-11-3-6-20(24)26-14-19(23)22-13-16-7-9-17(21)10-8-16/h2,4-5,7-10,12H,3,6,11,13-14H2,1H3,(H,22,23). The van der Waals surface area contributed by atoms with Gasteiger partial charge in [-0.3, -0.25) is 9.59 Å². The molecule has 26 heavy (non-hydrogen) atoms. The first-order valence-corrected chi connectivity index (χ1v) is 8.39. The zero-order valence-corrected chi connectivity index (χ0v) is 14.7. The van der Waals surface area contributed by atoms with E-state index in [2.05, 4.69) is 5.32 Å². The van der Waals surface area contributed by atoms with Crippen LogP contribution in [0.2, 0.25) is 0 Å². The van der Waals surface area contributed by atoms with Gasteiger partial charge in [0, 0.05) is 13.0 Å². The third kappa shape index (κ3) is 7.34. The molecule has 2 rings (SSSR count). The Kier molecular flexibility index (Phi) is 7.61. The molecule has 0 saturated heterocycles. The van der Waals surface area contributed by atoms with Gasteiger partial charge in [0.1, 0.15) is 11.6 Å². The summed E-state index contributed by atoms with van der Waals surface area (Å²) >= 11 is 0. The molecule has 1 N–H and O–H groups in total. The van der Waals surface area contributed by atoms with E-state index in [0.717, 1.165) is 16.9 Å². The van der Waals surface area contributed by atoms with Gasteiger partial charge in [-0.15, -0.1) is 0 Å². The molecule has 0 atom stereocenters. The quantitative estimate of drug-likeness (QED) is 0.552. The monoisotopic (exact) mass is 359 g/mol. The fourth-order valence-electron chi connectivity index (χ4n) is 2.18. The second-order valence-electron chi connectivity index (χ2n) is 5.83. The molecule has 0 aliphatic rings. The smallest absolute Gasteiger partial charge is 0.306 e. The van der Waals surface area contributed by atoms with Crippen LogP contribution in [0.1, 0.15) is 24.0 Å². The van der Waals surface area contributed by atoms with Crippen molar-refractivity contribution in [1.29, 1.82) is 0 Å². The van der Waals surface area contributed by atoms with E-state index in [0.29, 0.717) is 13.0 Å². The molecular formula is C20H22FNO4. The summed E-state index contributed by atoms with van der Waals surface area (Å²) in [5.74, 6) is -0.424. The van der Waals surface area contributed by atoms with Crippen LogP contribution >= 0.6 is 0 Å². The lowest BCUT2D eigenvalue weighted by atomic mass is 10.2. The maximum Gasteiger partial charge on any atom is 0.306 e. The van der Waals surface area contributed by atoms with Gasteiger partial charge in [0.25, 0.3) is 5.91 Å². The first-order chi connectivity index (χ1) is 12.5. The predicted octanol–water partition coefficient (Wildman–Crippen LogP) is 3.15. The van der Waals surface area contributed by atoms with Crippen molar-refractivity contribution < 1.29 is 23.5 Å². The SMILES string of the molecule is Cc1cccc(OCCCC(=O)OCC(=O)NCc2ccc(F)cc2)c1. The van der Waals surface area contributed by atoms with Gasteiger partial charge in [0.15, 0.2) is 6.61 Å². The average Bonchev–Trinajstić information content (AvgIpc) is 2.63. The number of benzene rings is 2.